The summed E-state index contributed by atoms with van der Waals surface area (Å²) in [7, 11) is 0. The molecule has 1 heterocycles. The van der Waals surface area contributed by atoms with E-state index in [1.807, 2.05) is 0 Å². The Bertz CT molecular complexity index is 213. The predicted octanol–water partition coefficient (Wildman–Crippen LogP) is 2.85. The first-order chi connectivity index (χ1) is 6.59. The second-order valence-corrected chi connectivity index (χ2v) is 4.40. The molecule has 0 bridgehead atoms. The Kier molecular flexibility index (Phi) is 3.53. The maximum Gasteiger partial charge on any atom is 0.514 e. The Morgan fingerprint density at radius 2 is 2.07 bits per heavy atom. The summed E-state index contributed by atoms with van der Waals surface area (Å²) >= 11 is 0. The van der Waals surface area contributed by atoms with E-state index in [1.165, 1.54) is 0 Å². The molecule has 0 radical (unpaired) electrons. The third kappa shape index (κ3) is 1.54. The molecule has 0 aliphatic carbocycles. The van der Waals surface area contributed by atoms with Gasteiger partial charge in [-0.05, 0) is 19.8 Å². The van der Waals surface area contributed by atoms with Gasteiger partial charge in [-0.15, -0.1) is 0 Å². The van der Waals surface area contributed by atoms with E-state index >= 15 is 0 Å². The molecule has 0 aromatic rings. The van der Waals surface area contributed by atoms with Crippen molar-refractivity contribution in [3.05, 3.63) is 0 Å². The van der Waals surface area contributed by atoms with E-state index in [4.69, 9.17) is 0 Å². The predicted molar refractivity (Wildman–Crippen MR) is 56.2 cm³/mol. The first kappa shape index (κ1) is 11.5. The van der Waals surface area contributed by atoms with Crippen LogP contribution in [0.25, 0.3) is 0 Å². The molecule has 0 aromatic heterocycles. The second-order valence-electron chi connectivity index (χ2n) is 4.40. The van der Waals surface area contributed by atoms with Crippen LogP contribution < -0.4 is 0 Å². The van der Waals surface area contributed by atoms with Crippen molar-refractivity contribution in [2.45, 2.75) is 58.5 Å². The van der Waals surface area contributed by atoms with Crippen molar-refractivity contribution in [2.75, 3.05) is 6.54 Å². The quantitative estimate of drug-likeness (QED) is 0.711. The highest BCUT2D eigenvalue weighted by Crippen LogP contribution is 2.33. The molecule has 1 unspecified atom stereocenters. The maximum absolute atomic E-state index is 11.5. The van der Waals surface area contributed by atoms with Gasteiger partial charge >= 0.3 is 6.09 Å². The largest absolute Gasteiger partial charge is 0.514 e. The maximum atomic E-state index is 11.5. The summed E-state index contributed by atoms with van der Waals surface area (Å²) in [6, 6.07) is 0.586. The lowest BCUT2D eigenvalue weighted by Gasteiger charge is -2.39. The zero-order valence-corrected chi connectivity index (χ0v) is 9.49. The lowest BCUT2D eigenvalue weighted by Crippen LogP contribution is -2.60. The van der Waals surface area contributed by atoms with Gasteiger partial charge in [0.05, 0.1) is 18.6 Å². The van der Waals surface area contributed by atoms with Gasteiger partial charge < -0.3 is 5.11 Å². The van der Waals surface area contributed by atoms with Crippen LogP contribution in [0.4, 0.5) is 4.79 Å². The molecule has 1 rings (SSSR count). The highest BCUT2D eigenvalue weighted by molar-refractivity contribution is 5.57. The Morgan fingerprint density at radius 3 is 2.36 bits per heavy atom. The molecule has 3 heteroatoms. The molecule has 14 heavy (non-hydrogen) atoms. The normalized spacial score (nSPS) is 32.4. The molecule has 0 spiro atoms. The first-order valence-electron chi connectivity index (χ1n) is 5.70. The monoisotopic (exact) mass is 200 g/mol. The number of hydrogen-bond acceptors (Lipinski definition) is 1. The Hall–Kier alpha value is -0.570. The smallest absolute Gasteiger partial charge is 0.435 e. The molecular weight excluding hydrogens is 178 g/mol. The number of carboxylic acid groups (broad SMARTS) is 1. The fourth-order valence-corrected chi connectivity index (χ4v) is 3.02. The number of carbonyl (C=O) groups is 1. The highest BCUT2D eigenvalue weighted by Gasteiger charge is 2.50. The number of nitrogens with zero attached hydrogens (tertiary/aromatic N) is 1. The van der Waals surface area contributed by atoms with E-state index in [0.717, 1.165) is 32.2 Å². The zero-order chi connectivity index (χ0) is 10.8. The average Bonchev–Trinajstić information content (AvgIpc) is 2.51. The molecular formula is C11H22NO2+. The van der Waals surface area contributed by atoms with Gasteiger partial charge in [-0.2, -0.15) is 4.79 Å². The van der Waals surface area contributed by atoms with Crippen molar-refractivity contribution >= 4 is 6.09 Å². The summed E-state index contributed by atoms with van der Waals surface area (Å²) in [5, 5.41) is 9.44. The van der Waals surface area contributed by atoms with E-state index in [-0.39, 0.29) is 6.04 Å². The van der Waals surface area contributed by atoms with Crippen LogP contribution in [0.2, 0.25) is 0 Å². The molecule has 1 saturated heterocycles. The molecule has 1 aliphatic heterocycles. The fourth-order valence-electron chi connectivity index (χ4n) is 3.02. The van der Waals surface area contributed by atoms with Gasteiger partial charge in [0.15, 0.2) is 0 Å². The van der Waals surface area contributed by atoms with Crippen molar-refractivity contribution in [1.29, 1.82) is 0 Å². The van der Waals surface area contributed by atoms with Crippen molar-refractivity contribution in [2.24, 2.45) is 0 Å². The van der Waals surface area contributed by atoms with Crippen LogP contribution in [0.1, 0.15) is 46.5 Å². The number of quaternary nitrogens is 1. The molecule has 1 fully saturated rings. The van der Waals surface area contributed by atoms with Crippen LogP contribution in [0.5, 0.6) is 0 Å². The molecule has 0 aromatic carbocycles. The van der Waals surface area contributed by atoms with Crippen LogP contribution in [-0.4, -0.2) is 34.3 Å². The van der Waals surface area contributed by atoms with Crippen molar-refractivity contribution in [1.82, 2.24) is 0 Å². The van der Waals surface area contributed by atoms with Gasteiger partial charge in [-0.25, -0.2) is 4.48 Å². The summed E-state index contributed by atoms with van der Waals surface area (Å²) < 4.78 is 0.312. The lowest BCUT2D eigenvalue weighted by molar-refractivity contribution is -0.892. The van der Waals surface area contributed by atoms with E-state index in [0.29, 0.717) is 10.5 Å². The van der Waals surface area contributed by atoms with Crippen molar-refractivity contribution < 1.29 is 14.4 Å². The van der Waals surface area contributed by atoms with Gasteiger partial charge in [0.25, 0.3) is 0 Å². The first-order valence-corrected chi connectivity index (χ1v) is 5.70. The highest BCUT2D eigenvalue weighted by atomic mass is 16.4. The number of hydrogen-bond donors (Lipinski definition) is 1. The molecule has 1 amide bonds. The van der Waals surface area contributed by atoms with Gasteiger partial charge in [-0.1, -0.05) is 13.8 Å². The lowest BCUT2D eigenvalue weighted by atomic mass is 10.1. The Morgan fingerprint density at radius 1 is 1.50 bits per heavy atom. The van der Waals surface area contributed by atoms with Crippen LogP contribution in [-0.2, 0) is 0 Å². The molecule has 1 aliphatic rings. The minimum absolute atomic E-state index is 0.289. The zero-order valence-electron chi connectivity index (χ0n) is 9.49. The molecule has 2 atom stereocenters. The topological polar surface area (TPSA) is 37.3 Å². The van der Waals surface area contributed by atoms with Crippen LogP contribution in [0.3, 0.4) is 0 Å². The molecule has 3 nitrogen and oxygen atoms in total. The van der Waals surface area contributed by atoms with Crippen LogP contribution in [0, 0.1) is 0 Å². The molecule has 0 saturated carbocycles. The summed E-state index contributed by atoms with van der Waals surface area (Å²) in [6.45, 7) is 7.10. The fraction of sp³-hybridized carbons (Fsp3) is 0.909. The molecule has 82 valence electrons. The summed E-state index contributed by atoms with van der Waals surface area (Å²) in [5.74, 6) is 0. The number of amides is 1. The van der Waals surface area contributed by atoms with E-state index < -0.39 is 6.09 Å². The Labute approximate surface area is 86.3 Å². The van der Waals surface area contributed by atoms with Crippen molar-refractivity contribution in [3.8, 4) is 0 Å². The van der Waals surface area contributed by atoms with E-state index in [2.05, 4.69) is 20.8 Å². The number of likely N-dealkylation sites (tertiary alicyclic amines) is 1. The third-order valence-electron chi connectivity index (χ3n) is 3.89. The molecule has 1 N–H and O–H groups in total. The summed E-state index contributed by atoms with van der Waals surface area (Å²) in [4.78, 5) is 11.5. The third-order valence-corrected chi connectivity index (χ3v) is 3.89. The van der Waals surface area contributed by atoms with Crippen molar-refractivity contribution in [3.63, 3.8) is 0 Å². The van der Waals surface area contributed by atoms with Crippen LogP contribution in [0.15, 0.2) is 0 Å². The second kappa shape index (κ2) is 4.30. The minimum atomic E-state index is -0.622. The average molecular weight is 200 g/mol. The van der Waals surface area contributed by atoms with E-state index in [1.54, 1.807) is 0 Å². The van der Waals surface area contributed by atoms with Gasteiger partial charge in [-0.3, -0.25) is 0 Å². The van der Waals surface area contributed by atoms with Crippen LogP contribution >= 0.6 is 0 Å². The van der Waals surface area contributed by atoms with Gasteiger partial charge in [0, 0.05) is 12.8 Å². The standard InChI is InChI=1S/C11H21NO2/c1-4-10(5-2)12(11(13)14)8-6-7-9(12)3/h9-10H,4-8H2,1-3H3/p+1/t9-,12?/m1/s1. The number of rotatable bonds is 3. The SMILES string of the molecule is CCC(CC)[N+]1(C(=O)O)CCC[C@H]1C. The Balaban J connectivity index is 2.97. The van der Waals surface area contributed by atoms with E-state index in [9.17, 15) is 9.90 Å². The van der Waals surface area contributed by atoms with Gasteiger partial charge in [0.2, 0.25) is 0 Å². The summed E-state index contributed by atoms with van der Waals surface area (Å²) in [6.07, 6.45) is 3.43. The van der Waals surface area contributed by atoms with Gasteiger partial charge in [0.1, 0.15) is 0 Å². The summed E-state index contributed by atoms with van der Waals surface area (Å²) in [5.41, 5.74) is 0. The minimum Gasteiger partial charge on any atom is -0.435 e.